The molecule has 0 bridgehead atoms. The topological polar surface area (TPSA) is 45.8 Å². The molecule has 2 aromatic carbocycles. The summed E-state index contributed by atoms with van der Waals surface area (Å²) in [6.45, 7) is 2.07. The molecular formula is C18H18N2OS. The van der Waals surface area contributed by atoms with Gasteiger partial charge in [0.15, 0.2) is 10.9 Å². The van der Waals surface area contributed by atoms with Crippen LogP contribution in [0.15, 0.2) is 53.7 Å². The molecule has 4 heteroatoms. The maximum Gasteiger partial charge on any atom is 0.166 e. The number of carbonyl (C=O) groups is 1. The number of benzene rings is 2. The first-order chi connectivity index (χ1) is 10.7. The summed E-state index contributed by atoms with van der Waals surface area (Å²) in [6, 6.07) is 15.7. The van der Waals surface area contributed by atoms with Gasteiger partial charge >= 0.3 is 0 Å². The number of H-pyrrole nitrogens is 1. The molecule has 0 radical (unpaired) electrons. The van der Waals surface area contributed by atoms with Crippen molar-refractivity contribution in [2.24, 2.45) is 0 Å². The number of aromatic amines is 1. The summed E-state index contributed by atoms with van der Waals surface area (Å²) in [5.41, 5.74) is 4.09. The van der Waals surface area contributed by atoms with E-state index in [0.29, 0.717) is 6.42 Å². The maximum absolute atomic E-state index is 12.0. The second kappa shape index (κ2) is 6.79. The molecule has 1 N–H and O–H groups in total. The number of fused-ring (bicyclic) bond motifs is 1. The maximum atomic E-state index is 12.0. The van der Waals surface area contributed by atoms with Gasteiger partial charge in [-0.25, -0.2) is 4.98 Å². The predicted octanol–water partition coefficient (Wildman–Crippen LogP) is 4.63. The fourth-order valence-corrected chi connectivity index (χ4v) is 3.17. The summed E-state index contributed by atoms with van der Waals surface area (Å²) in [6.07, 6.45) is 1.44. The van der Waals surface area contributed by atoms with Gasteiger partial charge in [-0.1, -0.05) is 48.2 Å². The summed E-state index contributed by atoms with van der Waals surface area (Å²) in [7, 11) is 0. The van der Waals surface area contributed by atoms with Crippen LogP contribution in [0.1, 0.15) is 28.8 Å². The molecule has 112 valence electrons. The van der Waals surface area contributed by atoms with Crippen molar-refractivity contribution in [1.29, 1.82) is 0 Å². The summed E-state index contributed by atoms with van der Waals surface area (Å²) < 4.78 is 0. The molecule has 0 spiro atoms. The summed E-state index contributed by atoms with van der Waals surface area (Å²) in [5.74, 6) is 1.10. The van der Waals surface area contributed by atoms with E-state index in [1.54, 1.807) is 11.8 Å². The number of Topliss-reactive ketones (excluding diaryl/α,β-unsaturated/α-hetero) is 1. The Morgan fingerprint density at radius 1 is 1.18 bits per heavy atom. The Balaban J connectivity index is 1.51. The van der Waals surface area contributed by atoms with E-state index in [-0.39, 0.29) is 5.78 Å². The van der Waals surface area contributed by atoms with Crippen molar-refractivity contribution >= 4 is 28.6 Å². The van der Waals surface area contributed by atoms with Crippen LogP contribution in [0.2, 0.25) is 0 Å². The molecule has 0 saturated heterocycles. The average molecular weight is 310 g/mol. The number of thioether (sulfide) groups is 1. The summed E-state index contributed by atoms with van der Waals surface area (Å²) in [4.78, 5) is 19.9. The Morgan fingerprint density at radius 3 is 2.82 bits per heavy atom. The molecule has 1 heterocycles. The number of rotatable bonds is 6. The molecule has 0 amide bonds. The molecule has 22 heavy (non-hydrogen) atoms. The molecule has 3 rings (SSSR count). The number of carbonyl (C=O) groups excluding carboxylic acids is 1. The van der Waals surface area contributed by atoms with Crippen molar-refractivity contribution in [2.75, 3.05) is 5.75 Å². The second-order valence-electron chi connectivity index (χ2n) is 5.30. The fourth-order valence-electron chi connectivity index (χ4n) is 2.34. The smallest absolute Gasteiger partial charge is 0.166 e. The van der Waals surface area contributed by atoms with Gasteiger partial charge in [0.2, 0.25) is 0 Å². The van der Waals surface area contributed by atoms with Crippen molar-refractivity contribution in [3.8, 4) is 0 Å². The molecule has 0 aliphatic rings. The van der Waals surface area contributed by atoms with E-state index in [1.807, 2.05) is 36.4 Å². The zero-order valence-electron chi connectivity index (χ0n) is 12.5. The molecule has 3 nitrogen and oxygen atoms in total. The minimum Gasteiger partial charge on any atom is -0.333 e. The van der Waals surface area contributed by atoms with Crippen LogP contribution in [-0.2, 0) is 0 Å². The molecule has 0 aliphatic heterocycles. The molecule has 0 fully saturated rings. The first-order valence-corrected chi connectivity index (χ1v) is 8.38. The Labute approximate surface area is 134 Å². The zero-order valence-corrected chi connectivity index (χ0v) is 13.3. The third kappa shape index (κ3) is 3.57. The molecule has 0 saturated carbocycles. The second-order valence-corrected chi connectivity index (χ2v) is 6.39. The van der Waals surface area contributed by atoms with Gasteiger partial charge in [-0.05, 0) is 31.0 Å². The largest absolute Gasteiger partial charge is 0.333 e. The van der Waals surface area contributed by atoms with Gasteiger partial charge in [0, 0.05) is 17.7 Å². The van der Waals surface area contributed by atoms with E-state index in [0.717, 1.165) is 33.9 Å². The third-order valence-corrected chi connectivity index (χ3v) is 4.46. The SMILES string of the molecule is Cc1ccc2nc(SCCCC(=O)c3ccccc3)[nH]c2c1. The summed E-state index contributed by atoms with van der Waals surface area (Å²) in [5, 5.41) is 0.924. The highest BCUT2D eigenvalue weighted by molar-refractivity contribution is 7.99. The highest BCUT2D eigenvalue weighted by Gasteiger charge is 2.06. The molecule has 1 aromatic heterocycles. The van der Waals surface area contributed by atoms with Gasteiger partial charge in [0.1, 0.15) is 0 Å². The Kier molecular flexibility index (Phi) is 4.59. The van der Waals surface area contributed by atoms with Gasteiger partial charge in [-0.2, -0.15) is 0 Å². The van der Waals surface area contributed by atoms with Gasteiger partial charge in [-0.15, -0.1) is 0 Å². The van der Waals surface area contributed by atoms with Crippen LogP contribution in [-0.4, -0.2) is 21.5 Å². The third-order valence-electron chi connectivity index (χ3n) is 3.50. The van der Waals surface area contributed by atoms with Gasteiger partial charge < -0.3 is 4.98 Å². The number of aryl methyl sites for hydroxylation is 1. The fraction of sp³-hybridized carbons (Fsp3) is 0.222. The molecule has 0 aliphatic carbocycles. The lowest BCUT2D eigenvalue weighted by Crippen LogP contribution is -1.99. The van der Waals surface area contributed by atoms with Crippen molar-refractivity contribution in [1.82, 2.24) is 9.97 Å². The minimum absolute atomic E-state index is 0.210. The number of nitrogens with zero attached hydrogens (tertiary/aromatic N) is 1. The number of nitrogens with one attached hydrogen (secondary N) is 1. The minimum atomic E-state index is 0.210. The highest BCUT2D eigenvalue weighted by atomic mass is 32.2. The van der Waals surface area contributed by atoms with Crippen LogP contribution in [0.25, 0.3) is 11.0 Å². The van der Waals surface area contributed by atoms with Crippen molar-refractivity contribution in [3.05, 3.63) is 59.7 Å². The number of imidazole rings is 1. The Hall–Kier alpha value is -2.07. The van der Waals surface area contributed by atoms with E-state index >= 15 is 0 Å². The number of aromatic nitrogens is 2. The van der Waals surface area contributed by atoms with Crippen LogP contribution in [0, 0.1) is 6.92 Å². The van der Waals surface area contributed by atoms with Gasteiger partial charge in [0.25, 0.3) is 0 Å². The van der Waals surface area contributed by atoms with E-state index in [9.17, 15) is 4.79 Å². The Bertz CT molecular complexity index is 780. The quantitative estimate of drug-likeness (QED) is 0.410. The zero-order chi connectivity index (χ0) is 15.4. The van der Waals surface area contributed by atoms with Gasteiger partial charge in [0.05, 0.1) is 11.0 Å². The van der Waals surface area contributed by atoms with E-state index < -0.39 is 0 Å². The van der Waals surface area contributed by atoms with Crippen molar-refractivity contribution in [3.63, 3.8) is 0 Å². The predicted molar refractivity (Wildman–Crippen MR) is 91.6 cm³/mol. The molecular weight excluding hydrogens is 292 g/mol. The van der Waals surface area contributed by atoms with Gasteiger partial charge in [-0.3, -0.25) is 4.79 Å². The van der Waals surface area contributed by atoms with Crippen molar-refractivity contribution in [2.45, 2.75) is 24.9 Å². The van der Waals surface area contributed by atoms with Crippen LogP contribution in [0.3, 0.4) is 0 Å². The first kappa shape index (κ1) is 14.9. The standard InChI is InChI=1S/C18H18N2OS/c1-13-9-10-15-16(12-13)20-18(19-15)22-11-5-8-17(21)14-6-3-2-4-7-14/h2-4,6-7,9-10,12H,5,8,11H2,1H3,(H,19,20). The molecule has 0 atom stereocenters. The summed E-state index contributed by atoms with van der Waals surface area (Å²) >= 11 is 1.67. The van der Waals surface area contributed by atoms with Crippen LogP contribution < -0.4 is 0 Å². The number of hydrogen-bond acceptors (Lipinski definition) is 3. The average Bonchev–Trinajstić information content (AvgIpc) is 2.94. The highest BCUT2D eigenvalue weighted by Crippen LogP contribution is 2.21. The normalized spacial score (nSPS) is 11.0. The number of hydrogen-bond donors (Lipinski definition) is 1. The van der Waals surface area contributed by atoms with Crippen LogP contribution in [0.4, 0.5) is 0 Å². The molecule has 3 aromatic rings. The lowest BCUT2D eigenvalue weighted by atomic mass is 10.1. The lowest BCUT2D eigenvalue weighted by molar-refractivity contribution is 0.0982. The Morgan fingerprint density at radius 2 is 2.00 bits per heavy atom. The van der Waals surface area contributed by atoms with Crippen molar-refractivity contribution < 1.29 is 4.79 Å². The monoisotopic (exact) mass is 310 g/mol. The molecule has 0 unspecified atom stereocenters. The van der Waals surface area contributed by atoms with E-state index in [4.69, 9.17) is 0 Å². The van der Waals surface area contributed by atoms with E-state index in [2.05, 4.69) is 29.0 Å². The van der Waals surface area contributed by atoms with Crippen LogP contribution >= 0.6 is 11.8 Å². The van der Waals surface area contributed by atoms with Crippen LogP contribution in [0.5, 0.6) is 0 Å². The lowest BCUT2D eigenvalue weighted by Gasteiger charge is -2.00. The number of ketones is 1. The first-order valence-electron chi connectivity index (χ1n) is 7.40. The van der Waals surface area contributed by atoms with E-state index in [1.165, 1.54) is 5.56 Å².